The molecule has 0 aromatic heterocycles. The Kier molecular flexibility index (Phi) is 7.82. The second kappa shape index (κ2) is 9.95. The molecule has 0 radical (unpaired) electrons. The van der Waals surface area contributed by atoms with E-state index in [2.05, 4.69) is 44.3 Å². The minimum Gasteiger partial charge on any atom is -1.00 e. The molecule has 1 aliphatic carbocycles. The van der Waals surface area contributed by atoms with Crippen molar-refractivity contribution in [1.29, 1.82) is 0 Å². The van der Waals surface area contributed by atoms with Crippen molar-refractivity contribution in [2.45, 2.75) is 82.9 Å². The number of carbonyl (C=O) groups excluding carboxylic acids is 1. The van der Waals surface area contributed by atoms with Gasteiger partial charge in [0.15, 0.2) is 0 Å². The Morgan fingerprint density at radius 2 is 1.79 bits per heavy atom. The maximum Gasteiger partial charge on any atom is 0.313 e. The molecule has 1 aromatic rings. The van der Waals surface area contributed by atoms with Gasteiger partial charge in [-0.15, -0.1) is 0 Å². The molecular formula is C25H36INO2. The summed E-state index contributed by atoms with van der Waals surface area (Å²) in [7, 11) is 2.45. The molecule has 2 saturated heterocycles. The van der Waals surface area contributed by atoms with Gasteiger partial charge in [0.05, 0.1) is 31.6 Å². The quantitative estimate of drug-likeness (QED) is 0.335. The van der Waals surface area contributed by atoms with Gasteiger partial charge in [0.25, 0.3) is 0 Å². The number of hydrogen-bond donors (Lipinski definition) is 0. The highest BCUT2D eigenvalue weighted by Gasteiger charge is 2.52. The predicted octanol–water partition coefficient (Wildman–Crippen LogP) is 2.36. The minimum atomic E-state index is -0.0864. The van der Waals surface area contributed by atoms with Crippen LogP contribution in [0.15, 0.2) is 36.4 Å². The van der Waals surface area contributed by atoms with Crippen molar-refractivity contribution in [2.75, 3.05) is 13.6 Å². The summed E-state index contributed by atoms with van der Waals surface area (Å²) in [5.74, 6) is -0.0689. The zero-order valence-electron chi connectivity index (χ0n) is 18.0. The first-order chi connectivity index (χ1) is 13.6. The lowest BCUT2D eigenvalue weighted by Gasteiger charge is -2.47. The largest absolute Gasteiger partial charge is 1.00 e. The molecule has 2 bridgehead atoms. The summed E-state index contributed by atoms with van der Waals surface area (Å²) in [4.78, 5) is 13.1. The van der Waals surface area contributed by atoms with E-state index in [1.807, 2.05) is 6.07 Å². The highest BCUT2D eigenvalue weighted by atomic mass is 127. The van der Waals surface area contributed by atoms with Crippen LogP contribution in [0.5, 0.6) is 0 Å². The molecule has 0 N–H and O–H groups in total. The second-order valence-corrected chi connectivity index (χ2v) is 9.35. The van der Waals surface area contributed by atoms with Crippen LogP contribution in [0.3, 0.4) is 0 Å². The molecule has 2 fully saturated rings. The van der Waals surface area contributed by atoms with E-state index in [4.69, 9.17) is 4.74 Å². The molecule has 1 aromatic carbocycles. The number of piperidine rings is 1. The van der Waals surface area contributed by atoms with E-state index in [1.165, 1.54) is 47.8 Å². The smallest absolute Gasteiger partial charge is 0.313 e. The van der Waals surface area contributed by atoms with Crippen LogP contribution in [0, 0.1) is 5.92 Å². The van der Waals surface area contributed by atoms with Gasteiger partial charge in [-0.05, 0) is 36.8 Å². The molecule has 2 heterocycles. The predicted molar refractivity (Wildman–Crippen MR) is 114 cm³/mol. The van der Waals surface area contributed by atoms with Crippen molar-refractivity contribution < 1.29 is 38.0 Å². The summed E-state index contributed by atoms with van der Waals surface area (Å²) in [6, 6.07) is 11.7. The maximum absolute atomic E-state index is 13.1. The Morgan fingerprint density at radius 3 is 2.45 bits per heavy atom. The van der Waals surface area contributed by atoms with Crippen LogP contribution in [-0.2, 0) is 9.53 Å². The summed E-state index contributed by atoms with van der Waals surface area (Å²) in [5, 5.41) is 0. The van der Waals surface area contributed by atoms with Crippen LogP contribution in [-0.4, -0.2) is 42.2 Å². The SMILES string of the molecule is CCCC[N+]1(C)[C@@H]2CC[C@H]1CC(OC(=O)C1CCCC=C1c1ccccc1)C2.[I-]. The fourth-order valence-corrected chi connectivity index (χ4v) is 5.97. The summed E-state index contributed by atoms with van der Waals surface area (Å²) in [6.07, 6.45) is 12.7. The van der Waals surface area contributed by atoms with Gasteiger partial charge in [0.2, 0.25) is 0 Å². The molecule has 3 nitrogen and oxygen atoms in total. The lowest BCUT2D eigenvalue weighted by molar-refractivity contribution is -0.949. The molecule has 0 saturated carbocycles. The molecule has 3 unspecified atom stereocenters. The van der Waals surface area contributed by atoms with Gasteiger partial charge in [-0.3, -0.25) is 4.79 Å². The highest BCUT2D eigenvalue weighted by molar-refractivity contribution is 5.89. The number of fused-ring (bicyclic) bond motifs is 2. The van der Waals surface area contributed by atoms with Gasteiger partial charge in [-0.25, -0.2) is 0 Å². The van der Waals surface area contributed by atoms with Gasteiger partial charge >= 0.3 is 5.97 Å². The number of rotatable bonds is 6. The Bertz CT molecular complexity index is 703. The fraction of sp³-hybridized carbons (Fsp3) is 0.640. The first-order valence-electron chi connectivity index (χ1n) is 11.4. The van der Waals surface area contributed by atoms with Crippen molar-refractivity contribution >= 4 is 11.5 Å². The van der Waals surface area contributed by atoms with Gasteiger partial charge in [-0.2, -0.15) is 0 Å². The van der Waals surface area contributed by atoms with Crippen LogP contribution >= 0.6 is 0 Å². The number of hydrogen-bond acceptors (Lipinski definition) is 2. The maximum atomic E-state index is 13.1. The average Bonchev–Trinajstić information content (AvgIpc) is 2.89. The zero-order valence-corrected chi connectivity index (χ0v) is 20.1. The molecular weight excluding hydrogens is 473 g/mol. The summed E-state index contributed by atoms with van der Waals surface area (Å²) < 4.78 is 7.39. The average molecular weight is 509 g/mol. The highest BCUT2D eigenvalue weighted by Crippen LogP contribution is 2.43. The fourth-order valence-electron chi connectivity index (χ4n) is 5.97. The molecule has 5 atom stereocenters. The number of allylic oxidation sites excluding steroid dienone is 1. The number of quaternary nitrogens is 1. The molecule has 4 heteroatoms. The number of esters is 1. The number of unbranched alkanes of at least 4 members (excludes halogenated alkanes) is 1. The number of nitrogens with zero attached hydrogens (tertiary/aromatic N) is 1. The molecule has 0 spiro atoms. The lowest BCUT2D eigenvalue weighted by Crippen LogP contribution is -3.00. The summed E-state index contributed by atoms with van der Waals surface area (Å²) >= 11 is 0. The first-order valence-corrected chi connectivity index (χ1v) is 11.4. The third-order valence-corrected chi connectivity index (χ3v) is 7.68. The van der Waals surface area contributed by atoms with Crippen molar-refractivity contribution in [3.63, 3.8) is 0 Å². The van der Waals surface area contributed by atoms with Crippen LogP contribution in [0.4, 0.5) is 0 Å². The Balaban J connectivity index is 0.00000240. The van der Waals surface area contributed by atoms with Crippen molar-refractivity contribution in [2.24, 2.45) is 5.92 Å². The molecule has 160 valence electrons. The summed E-state index contributed by atoms with van der Waals surface area (Å²) in [6.45, 7) is 3.57. The third-order valence-electron chi connectivity index (χ3n) is 7.68. The standard InChI is InChI=1S/C25H36NO2.HI/c1-3-4-16-26(2)20-14-15-21(26)18-22(17-20)28-25(27)24-13-9-8-12-23(24)19-10-6-5-7-11-19;/h5-7,10-12,20-22,24H,3-4,8-9,13-18H2,1-2H3;1H/q+1;/p-1/t20-,21+,22?,24?,26?;. The number of halogens is 1. The molecule has 4 rings (SSSR count). The normalized spacial score (nSPS) is 33.5. The monoisotopic (exact) mass is 509 g/mol. The van der Waals surface area contributed by atoms with E-state index >= 15 is 0 Å². The number of benzene rings is 1. The Labute approximate surface area is 193 Å². The van der Waals surface area contributed by atoms with Gasteiger partial charge in [0.1, 0.15) is 6.10 Å². The third kappa shape index (κ3) is 4.73. The lowest BCUT2D eigenvalue weighted by atomic mass is 9.83. The summed E-state index contributed by atoms with van der Waals surface area (Å²) in [5.41, 5.74) is 2.36. The van der Waals surface area contributed by atoms with E-state index in [1.54, 1.807) is 0 Å². The number of carbonyl (C=O) groups is 1. The van der Waals surface area contributed by atoms with Gasteiger partial charge < -0.3 is 33.2 Å². The molecule has 3 aliphatic rings. The topological polar surface area (TPSA) is 26.3 Å². The first kappa shape index (κ1) is 22.8. The van der Waals surface area contributed by atoms with Crippen molar-refractivity contribution in [3.8, 4) is 0 Å². The van der Waals surface area contributed by atoms with E-state index in [9.17, 15) is 4.79 Å². The Hall–Kier alpha value is -0.880. The molecule has 2 aliphatic heterocycles. The van der Waals surface area contributed by atoms with Gasteiger partial charge in [0, 0.05) is 25.7 Å². The second-order valence-electron chi connectivity index (χ2n) is 9.35. The van der Waals surface area contributed by atoms with Gasteiger partial charge in [-0.1, -0.05) is 49.8 Å². The van der Waals surface area contributed by atoms with E-state index in [0.29, 0.717) is 12.1 Å². The minimum absolute atomic E-state index is 0. The van der Waals surface area contributed by atoms with E-state index < -0.39 is 0 Å². The zero-order chi connectivity index (χ0) is 19.6. The van der Waals surface area contributed by atoms with Crippen LogP contribution in [0.2, 0.25) is 0 Å². The van der Waals surface area contributed by atoms with E-state index in [-0.39, 0.29) is 42.0 Å². The van der Waals surface area contributed by atoms with Crippen LogP contribution < -0.4 is 24.0 Å². The van der Waals surface area contributed by atoms with Crippen molar-refractivity contribution in [3.05, 3.63) is 42.0 Å². The van der Waals surface area contributed by atoms with E-state index in [0.717, 1.165) is 32.1 Å². The molecule has 0 amide bonds. The molecule has 29 heavy (non-hydrogen) atoms. The van der Waals surface area contributed by atoms with Crippen LogP contribution in [0.1, 0.15) is 70.3 Å². The Morgan fingerprint density at radius 1 is 1.10 bits per heavy atom. The number of ether oxygens (including phenoxy) is 1. The van der Waals surface area contributed by atoms with Crippen LogP contribution in [0.25, 0.3) is 5.57 Å². The van der Waals surface area contributed by atoms with Crippen molar-refractivity contribution in [1.82, 2.24) is 0 Å².